The van der Waals surface area contributed by atoms with Gasteiger partial charge in [0.25, 0.3) is 0 Å². The zero-order valence-electron chi connectivity index (χ0n) is 17.2. The highest BCUT2D eigenvalue weighted by Crippen LogP contribution is 2.43. The number of carbonyl (C=O) groups is 2. The molecule has 1 aromatic rings. The number of amidine groups is 1. The number of rotatable bonds is 4. The van der Waals surface area contributed by atoms with Gasteiger partial charge in [0.05, 0.1) is 28.3 Å². The molecule has 31 heavy (non-hydrogen) atoms. The summed E-state index contributed by atoms with van der Waals surface area (Å²) in [4.78, 5) is 30.0. The Hall–Kier alpha value is -1.49. The van der Waals surface area contributed by atoms with Crippen molar-refractivity contribution in [2.75, 3.05) is 23.0 Å². The van der Waals surface area contributed by atoms with E-state index in [1.807, 2.05) is 0 Å². The number of hydrogen-bond donors (Lipinski definition) is 1. The van der Waals surface area contributed by atoms with Crippen LogP contribution in [0.2, 0.25) is 10.0 Å². The van der Waals surface area contributed by atoms with Crippen molar-refractivity contribution in [2.24, 2.45) is 4.99 Å². The third kappa shape index (κ3) is 6.27. The van der Waals surface area contributed by atoms with E-state index in [0.717, 1.165) is 0 Å². The molecule has 2 fully saturated rings. The molecular formula is C19H23Cl2N3O5S2. The van der Waals surface area contributed by atoms with Gasteiger partial charge in [-0.15, -0.1) is 0 Å². The van der Waals surface area contributed by atoms with Crippen molar-refractivity contribution in [3.63, 3.8) is 0 Å². The number of carbonyl (C=O) groups excluding carboxylic acids is 2. The number of fused-ring (bicyclic) bond motifs is 1. The number of alkyl carbamates (subject to hydrolysis) is 1. The first kappa shape index (κ1) is 24.2. The van der Waals surface area contributed by atoms with Crippen molar-refractivity contribution >= 4 is 67.7 Å². The van der Waals surface area contributed by atoms with Gasteiger partial charge in [0.15, 0.2) is 15.0 Å². The minimum absolute atomic E-state index is 0.00439. The van der Waals surface area contributed by atoms with E-state index in [4.69, 9.17) is 27.9 Å². The molecule has 8 nitrogen and oxygen atoms in total. The number of nitrogens with zero attached hydrogens (tertiary/aromatic N) is 2. The number of amides is 2. The molecule has 2 aliphatic heterocycles. The summed E-state index contributed by atoms with van der Waals surface area (Å²) in [5.74, 6) is -0.504. The second-order valence-electron chi connectivity index (χ2n) is 8.23. The van der Waals surface area contributed by atoms with Gasteiger partial charge in [-0.1, -0.05) is 35.0 Å². The van der Waals surface area contributed by atoms with Crippen molar-refractivity contribution in [2.45, 2.75) is 44.1 Å². The Morgan fingerprint density at radius 3 is 2.68 bits per heavy atom. The van der Waals surface area contributed by atoms with E-state index < -0.39 is 33.5 Å². The van der Waals surface area contributed by atoms with E-state index in [2.05, 4.69) is 10.3 Å². The van der Waals surface area contributed by atoms with Gasteiger partial charge in [0.1, 0.15) is 5.60 Å². The fourth-order valence-electron chi connectivity index (χ4n) is 3.26. The second kappa shape index (κ2) is 9.17. The number of anilines is 1. The number of thioether (sulfide) groups is 1. The first-order valence-electron chi connectivity index (χ1n) is 9.54. The number of hydrogen-bond acceptors (Lipinski definition) is 6. The first-order chi connectivity index (χ1) is 14.3. The van der Waals surface area contributed by atoms with Crippen LogP contribution in [-0.2, 0) is 19.4 Å². The lowest BCUT2D eigenvalue weighted by Gasteiger charge is -2.25. The number of ether oxygens (including phenoxy) is 1. The molecule has 12 heteroatoms. The number of benzene rings is 1. The highest BCUT2D eigenvalue weighted by molar-refractivity contribution is 8.16. The third-order valence-electron chi connectivity index (χ3n) is 4.46. The van der Waals surface area contributed by atoms with Crippen LogP contribution in [0, 0.1) is 0 Å². The molecule has 2 heterocycles. The molecule has 2 aliphatic rings. The van der Waals surface area contributed by atoms with Crippen LogP contribution in [0.15, 0.2) is 23.2 Å². The molecule has 0 radical (unpaired) electrons. The second-order valence-corrected chi connectivity index (χ2v) is 12.4. The van der Waals surface area contributed by atoms with Gasteiger partial charge in [0.2, 0.25) is 5.91 Å². The highest BCUT2D eigenvalue weighted by Gasteiger charge is 2.49. The lowest BCUT2D eigenvalue weighted by molar-refractivity contribution is -0.117. The Labute approximate surface area is 195 Å². The number of aliphatic imine (C=N–C) groups is 1. The average Bonchev–Trinajstić information content (AvgIpc) is 3.06. The molecule has 0 saturated carbocycles. The Kier molecular flexibility index (Phi) is 7.15. The third-order valence-corrected chi connectivity index (χ3v) is 8.23. The van der Waals surface area contributed by atoms with Gasteiger partial charge in [-0.25, -0.2) is 13.2 Å². The first-order valence-corrected chi connectivity index (χ1v) is 13.0. The lowest BCUT2D eigenvalue weighted by Crippen LogP contribution is -2.38. The van der Waals surface area contributed by atoms with E-state index in [1.165, 1.54) is 11.8 Å². The maximum Gasteiger partial charge on any atom is 0.407 e. The van der Waals surface area contributed by atoms with Crippen LogP contribution in [0.5, 0.6) is 0 Å². The topological polar surface area (TPSA) is 105 Å². The van der Waals surface area contributed by atoms with E-state index in [0.29, 0.717) is 20.9 Å². The summed E-state index contributed by atoms with van der Waals surface area (Å²) in [5.41, 5.74) is -0.131. The Morgan fingerprint density at radius 1 is 1.29 bits per heavy atom. The molecule has 2 amide bonds. The zero-order valence-corrected chi connectivity index (χ0v) is 20.4. The molecule has 2 atom stereocenters. The summed E-state index contributed by atoms with van der Waals surface area (Å²) in [7, 11) is -3.20. The molecular weight excluding hydrogens is 485 g/mol. The van der Waals surface area contributed by atoms with Gasteiger partial charge >= 0.3 is 6.09 Å². The Balaban J connectivity index is 1.75. The monoisotopic (exact) mass is 507 g/mol. The molecule has 0 spiro atoms. The van der Waals surface area contributed by atoms with Crippen LogP contribution < -0.4 is 10.2 Å². The summed E-state index contributed by atoms with van der Waals surface area (Å²) in [6.07, 6.45) is -0.649. The zero-order chi connectivity index (χ0) is 23.0. The average molecular weight is 508 g/mol. The van der Waals surface area contributed by atoms with E-state index in [1.54, 1.807) is 43.9 Å². The predicted octanol–water partition coefficient (Wildman–Crippen LogP) is 3.51. The maximum absolute atomic E-state index is 12.4. The molecule has 0 aliphatic carbocycles. The quantitative estimate of drug-likeness (QED) is 0.664. The molecule has 1 aromatic carbocycles. The standard InChI is InChI=1S/C19H23Cl2N3O5S2/c1-19(2,3)29-18(26)22-7-6-16(25)23-17-24(13-8-11(20)4-5-12(13)21)14-9-31(27,28)10-15(14)30-17/h4-5,8,14-15H,6-7,9-10H2,1-3H3,(H,22,26)/t14-,15-/m0/s1. The number of nitrogens with one attached hydrogen (secondary N) is 1. The van der Waals surface area contributed by atoms with Crippen LogP contribution in [0.1, 0.15) is 27.2 Å². The Bertz CT molecular complexity index is 1020. The fraction of sp³-hybridized carbons (Fsp3) is 0.526. The molecule has 2 saturated heterocycles. The molecule has 170 valence electrons. The summed E-state index contributed by atoms with van der Waals surface area (Å²) in [5, 5.41) is 3.44. The van der Waals surface area contributed by atoms with Crippen molar-refractivity contribution < 1.29 is 22.7 Å². The fourth-order valence-corrected chi connectivity index (χ4v) is 7.56. The van der Waals surface area contributed by atoms with Crippen molar-refractivity contribution in [1.29, 1.82) is 0 Å². The molecule has 1 N–H and O–H groups in total. The van der Waals surface area contributed by atoms with Gasteiger partial charge in [-0.3, -0.25) is 4.79 Å². The van der Waals surface area contributed by atoms with Gasteiger partial charge in [-0.05, 0) is 39.0 Å². The predicted molar refractivity (Wildman–Crippen MR) is 124 cm³/mol. The minimum atomic E-state index is -3.20. The minimum Gasteiger partial charge on any atom is -0.444 e. The lowest BCUT2D eigenvalue weighted by atomic mass is 10.2. The van der Waals surface area contributed by atoms with Crippen molar-refractivity contribution in [3.8, 4) is 0 Å². The molecule has 0 bridgehead atoms. The van der Waals surface area contributed by atoms with Crippen molar-refractivity contribution in [3.05, 3.63) is 28.2 Å². The van der Waals surface area contributed by atoms with Crippen LogP contribution >= 0.6 is 35.0 Å². The number of sulfone groups is 1. The van der Waals surface area contributed by atoms with Crippen LogP contribution in [0.25, 0.3) is 0 Å². The SMILES string of the molecule is CC(C)(C)OC(=O)NCCC(=O)N=C1S[C@H]2CS(=O)(=O)C[C@@H]2N1c1cc(Cl)ccc1Cl. The smallest absolute Gasteiger partial charge is 0.407 e. The molecule has 3 rings (SSSR count). The maximum atomic E-state index is 12.4. The van der Waals surface area contributed by atoms with E-state index in [-0.39, 0.29) is 29.7 Å². The highest BCUT2D eigenvalue weighted by atomic mass is 35.5. The van der Waals surface area contributed by atoms with Gasteiger partial charge in [0, 0.05) is 23.2 Å². The van der Waals surface area contributed by atoms with Gasteiger partial charge in [-0.2, -0.15) is 4.99 Å². The normalized spacial score (nSPS) is 23.6. The summed E-state index contributed by atoms with van der Waals surface area (Å²) in [6.45, 7) is 5.29. The van der Waals surface area contributed by atoms with Crippen molar-refractivity contribution in [1.82, 2.24) is 5.32 Å². The van der Waals surface area contributed by atoms with Crippen LogP contribution in [0.4, 0.5) is 10.5 Å². The van der Waals surface area contributed by atoms with E-state index >= 15 is 0 Å². The summed E-state index contributed by atoms with van der Waals surface area (Å²) in [6, 6.07) is 4.48. The van der Waals surface area contributed by atoms with E-state index in [9.17, 15) is 18.0 Å². The van der Waals surface area contributed by atoms with Gasteiger partial charge < -0.3 is 15.0 Å². The largest absolute Gasteiger partial charge is 0.444 e. The Morgan fingerprint density at radius 2 is 2.00 bits per heavy atom. The van der Waals surface area contributed by atoms with Crippen LogP contribution in [-0.4, -0.2) is 60.5 Å². The van der Waals surface area contributed by atoms with Crippen LogP contribution in [0.3, 0.4) is 0 Å². The molecule has 0 unspecified atom stereocenters. The number of halogens is 2. The summed E-state index contributed by atoms with van der Waals surface area (Å²) < 4.78 is 29.4. The molecule has 0 aromatic heterocycles. The summed E-state index contributed by atoms with van der Waals surface area (Å²) >= 11 is 13.7.